The third-order valence-electron chi connectivity index (χ3n) is 3.19. The number of nitrogens with zero attached hydrogens (tertiary/aromatic N) is 1. The van der Waals surface area contributed by atoms with Crippen molar-refractivity contribution in [3.63, 3.8) is 0 Å². The molecule has 24 heavy (non-hydrogen) atoms. The van der Waals surface area contributed by atoms with Crippen molar-refractivity contribution in [1.29, 1.82) is 0 Å². The van der Waals surface area contributed by atoms with E-state index in [1.807, 2.05) is 24.3 Å². The van der Waals surface area contributed by atoms with E-state index in [2.05, 4.69) is 11.4 Å². The van der Waals surface area contributed by atoms with Crippen LogP contribution in [0.2, 0.25) is 0 Å². The summed E-state index contributed by atoms with van der Waals surface area (Å²) in [5.74, 6) is -0.747. The van der Waals surface area contributed by atoms with Crippen molar-refractivity contribution < 1.29 is 19.1 Å². The first kappa shape index (κ1) is 18.2. The average Bonchev–Trinajstić information content (AvgIpc) is 2.96. The summed E-state index contributed by atoms with van der Waals surface area (Å²) < 4.78 is 9.90. The molecule has 0 saturated carbocycles. The van der Waals surface area contributed by atoms with Crippen molar-refractivity contribution in [3.05, 3.63) is 36.5 Å². The quantitative estimate of drug-likeness (QED) is 0.722. The second-order valence-corrected chi connectivity index (χ2v) is 6.22. The topological polar surface area (TPSA) is 67.9 Å². The predicted molar refractivity (Wildman–Crippen MR) is 93.7 cm³/mol. The van der Waals surface area contributed by atoms with Crippen LogP contribution >= 0.6 is 11.8 Å². The lowest BCUT2D eigenvalue weighted by atomic mass is 10.3. The summed E-state index contributed by atoms with van der Waals surface area (Å²) in [4.78, 5) is 26.2. The van der Waals surface area contributed by atoms with Gasteiger partial charge in [0.2, 0.25) is 0 Å². The summed E-state index contributed by atoms with van der Waals surface area (Å²) in [7, 11) is 0. The lowest BCUT2D eigenvalue weighted by Crippen LogP contribution is -2.32. The molecule has 1 aliphatic heterocycles. The van der Waals surface area contributed by atoms with Gasteiger partial charge in [0.25, 0.3) is 0 Å². The Morgan fingerprint density at radius 2 is 1.79 bits per heavy atom. The van der Waals surface area contributed by atoms with E-state index in [4.69, 9.17) is 9.47 Å². The number of hydrogen-bond acceptors (Lipinski definition) is 7. The second kappa shape index (κ2) is 9.22. The third kappa shape index (κ3) is 5.49. The number of hydrogen-bond donors (Lipinski definition) is 1. The average molecular weight is 350 g/mol. The number of anilines is 1. The van der Waals surface area contributed by atoms with Crippen LogP contribution in [-0.2, 0) is 19.1 Å². The Kier molecular flexibility index (Phi) is 6.99. The van der Waals surface area contributed by atoms with E-state index >= 15 is 0 Å². The number of fused-ring (bicyclic) bond motifs is 1. The number of carbonyl (C=O) groups is 2. The summed E-state index contributed by atoms with van der Waals surface area (Å²) in [6.07, 6.45) is 3.66. The first-order chi connectivity index (χ1) is 11.6. The smallest absolute Gasteiger partial charge is 0.325 e. The van der Waals surface area contributed by atoms with E-state index in [1.54, 1.807) is 36.7 Å². The minimum atomic E-state index is -0.373. The molecular weight excluding hydrogens is 328 g/mol. The zero-order chi connectivity index (χ0) is 17.4. The molecule has 1 aromatic carbocycles. The minimum Gasteiger partial charge on any atom is -0.465 e. The molecule has 0 amide bonds. The van der Waals surface area contributed by atoms with Gasteiger partial charge in [-0.2, -0.15) is 0 Å². The molecule has 1 unspecified atom stereocenters. The van der Waals surface area contributed by atoms with Gasteiger partial charge in [-0.15, -0.1) is 0 Å². The van der Waals surface area contributed by atoms with Gasteiger partial charge in [0, 0.05) is 10.6 Å². The van der Waals surface area contributed by atoms with Crippen molar-refractivity contribution in [2.24, 2.45) is 0 Å². The maximum absolute atomic E-state index is 11.7. The fourth-order valence-corrected chi connectivity index (χ4v) is 3.22. The molecule has 0 radical (unpaired) electrons. The van der Waals surface area contributed by atoms with Gasteiger partial charge in [0.15, 0.2) is 0 Å². The molecule has 0 aromatic heterocycles. The van der Waals surface area contributed by atoms with E-state index in [-0.39, 0.29) is 30.4 Å². The summed E-state index contributed by atoms with van der Waals surface area (Å²) in [6, 6.07) is 8.04. The highest BCUT2D eigenvalue weighted by molar-refractivity contribution is 8.00. The highest BCUT2D eigenvalue weighted by Crippen LogP contribution is 2.38. The maximum atomic E-state index is 11.7. The van der Waals surface area contributed by atoms with E-state index in [1.165, 1.54) is 4.90 Å². The fraction of sp³-hybridized carbons (Fsp3) is 0.412. The third-order valence-corrected chi connectivity index (χ3v) is 4.32. The minimum absolute atomic E-state index is 0.00743. The van der Waals surface area contributed by atoms with E-state index < -0.39 is 0 Å². The lowest BCUT2D eigenvalue weighted by Gasteiger charge is -2.19. The summed E-state index contributed by atoms with van der Waals surface area (Å²) in [5, 5.41) is 3.41. The Morgan fingerprint density at radius 3 is 2.38 bits per heavy atom. The molecule has 130 valence electrons. The molecule has 1 heterocycles. The molecule has 0 fully saturated rings. The molecule has 7 heteroatoms. The second-order valence-electron chi connectivity index (χ2n) is 5.04. The maximum Gasteiger partial charge on any atom is 0.325 e. The highest BCUT2D eigenvalue weighted by Gasteiger charge is 2.19. The van der Waals surface area contributed by atoms with Crippen molar-refractivity contribution in [1.82, 2.24) is 4.90 Å². The van der Waals surface area contributed by atoms with Crippen molar-refractivity contribution >= 4 is 29.4 Å². The zero-order valence-electron chi connectivity index (χ0n) is 13.9. The fourth-order valence-electron chi connectivity index (χ4n) is 2.20. The number of nitrogens with one attached hydrogen (secondary N) is 1. The number of esters is 2. The summed E-state index contributed by atoms with van der Waals surface area (Å²) >= 11 is 1.68. The van der Waals surface area contributed by atoms with Crippen LogP contribution in [0.5, 0.6) is 0 Å². The zero-order valence-corrected chi connectivity index (χ0v) is 14.7. The molecule has 0 saturated heterocycles. The van der Waals surface area contributed by atoms with Crippen molar-refractivity contribution in [3.8, 4) is 0 Å². The number of benzene rings is 1. The number of thioether (sulfide) groups is 1. The van der Waals surface area contributed by atoms with Gasteiger partial charge in [0.05, 0.1) is 18.6 Å². The Hall–Kier alpha value is -2.15. The van der Waals surface area contributed by atoms with Crippen LogP contribution in [0.25, 0.3) is 0 Å². The summed E-state index contributed by atoms with van der Waals surface area (Å²) in [6.45, 7) is 4.14. The van der Waals surface area contributed by atoms with Gasteiger partial charge >= 0.3 is 11.9 Å². The number of carbonyl (C=O) groups excluding carboxylic acids is 2. The Balaban J connectivity index is 1.96. The molecule has 2 rings (SSSR count). The molecular formula is C17H22N2O4S. The van der Waals surface area contributed by atoms with Gasteiger partial charge in [-0.05, 0) is 38.3 Å². The Morgan fingerprint density at radius 1 is 1.17 bits per heavy atom. The monoisotopic (exact) mass is 350 g/mol. The molecule has 1 aromatic rings. The normalized spacial score (nSPS) is 15.7. The highest BCUT2D eigenvalue weighted by atomic mass is 32.2. The van der Waals surface area contributed by atoms with Crippen LogP contribution in [0.3, 0.4) is 0 Å². The van der Waals surface area contributed by atoms with Gasteiger partial charge in [-0.25, -0.2) is 0 Å². The van der Waals surface area contributed by atoms with Crippen LogP contribution in [0.15, 0.2) is 41.4 Å². The molecule has 1 aliphatic rings. The molecule has 1 atom stereocenters. The standard InChI is InChI=1S/C17H22N2O4S/c1-3-22-16(20)11-19(12-17(21)23-4-2)10-9-15-18-13-7-5-6-8-14(13)24-15/h5-10,15,18H,3-4,11-12H2,1-2H3. The van der Waals surface area contributed by atoms with Crippen LogP contribution < -0.4 is 5.32 Å². The van der Waals surface area contributed by atoms with Crippen molar-refractivity contribution in [2.45, 2.75) is 24.1 Å². The Labute approximate surface area is 146 Å². The van der Waals surface area contributed by atoms with Crippen LogP contribution in [0.1, 0.15) is 13.8 Å². The Bertz CT molecular complexity index is 561. The summed E-state index contributed by atoms with van der Waals surface area (Å²) in [5.41, 5.74) is 1.08. The molecule has 6 nitrogen and oxygen atoms in total. The molecule has 0 spiro atoms. The van der Waals surface area contributed by atoms with Gasteiger partial charge in [-0.3, -0.25) is 9.59 Å². The number of rotatable bonds is 8. The largest absolute Gasteiger partial charge is 0.465 e. The molecule has 0 bridgehead atoms. The van der Waals surface area contributed by atoms with E-state index in [0.29, 0.717) is 13.2 Å². The first-order valence-electron chi connectivity index (χ1n) is 7.88. The van der Waals surface area contributed by atoms with Crippen molar-refractivity contribution in [2.75, 3.05) is 31.6 Å². The van der Waals surface area contributed by atoms with Gasteiger partial charge in [0.1, 0.15) is 13.1 Å². The van der Waals surface area contributed by atoms with Gasteiger partial charge in [-0.1, -0.05) is 23.9 Å². The first-order valence-corrected chi connectivity index (χ1v) is 8.76. The SMILES string of the molecule is CCOC(=O)CN(C=CC1Nc2ccccc2S1)CC(=O)OCC. The van der Waals surface area contributed by atoms with Gasteiger partial charge < -0.3 is 19.7 Å². The van der Waals surface area contributed by atoms with Crippen LogP contribution in [0, 0.1) is 0 Å². The number of ether oxygens (including phenoxy) is 2. The molecule has 0 aliphatic carbocycles. The predicted octanol–water partition coefficient (Wildman–Crippen LogP) is 2.47. The lowest BCUT2D eigenvalue weighted by molar-refractivity contribution is -0.146. The van der Waals surface area contributed by atoms with Crippen LogP contribution in [-0.4, -0.2) is 48.5 Å². The molecule has 1 N–H and O–H groups in total. The number of para-hydroxylation sites is 1. The van der Waals surface area contributed by atoms with E-state index in [9.17, 15) is 9.59 Å². The van der Waals surface area contributed by atoms with E-state index in [0.717, 1.165) is 5.69 Å². The van der Waals surface area contributed by atoms with Crippen LogP contribution in [0.4, 0.5) is 5.69 Å².